The van der Waals surface area contributed by atoms with Gasteiger partial charge in [0.05, 0.1) is 27.0 Å². The minimum Gasteiger partial charge on any atom is -0.493 e. The average molecular weight is 366 g/mol. The van der Waals surface area contributed by atoms with Gasteiger partial charge in [-0.1, -0.05) is 24.7 Å². The topological polar surface area (TPSA) is 94.6 Å². The number of methoxy groups -OCH3 is 3. The summed E-state index contributed by atoms with van der Waals surface area (Å²) < 4.78 is 15.8. The molecule has 0 aliphatic rings. The molecule has 0 aliphatic heterocycles. The Kier molecular flexibility index (Phi) is 6.81. The minimum atomic E-state index is -0.424. The van der Waals surface area contributed by atoms with Gasteiger partial charge in [-0.15, -0.1) is 10.2 Å². The van der Waals surface area contributed by atoms with E-state index in [-0.39, 0.29) is 0 Å². The van der Waals surface area contributed by atoms with Crippen LogP contribution in [-0.4, -0.2) is 37.6 Å². The van der Waals surface area contributed by atoms with Gasteiger partial charge >= 0.3 is 6.03 Å². The lowest BCUT2D eigenvalue weighted by atomic mass is 10.2. The van der Waals surface area contributed by atoms with Gasteiger partial charge in [-0.25, -0.2) is 4.79 Å². The van der Waals surface area contributed by atoms with E-state index < -0.39 is 6.03 Å². The first kappa shape index (κ1) is 18.8. The molecule has 1 heterocycles. The third kappa shape index (κ3) is 4.96. The van der Waals surface area contributed by atoms with Crippen LogP contribution in [0, 0.1) is 0 Å². The summed E-state index contributed by atoms with van der Waals surface area (Å²) in [4.78, 5) is 12.2. The Bertz CT molecular complexity index is 695. The largest absolute Gasteiger partial charge is 0.493 e. The summed E-state index contributed by atoms with van der Waals surface area (Å²) >= 11 is 1.37. The van der Waals surface area contributed by atoms with Gasteiger partial charge in [0.2, 0.25) is 10.9 Å². The van der Waals surface area contributed by atoms with E-state index in [0.29, 0.717) is 28.1 Å². The summed E-state index contributed by atoms with van der Waals surface area (Å²) in [6.45, 7) is 2.12. The highest BCUT2D eigenvalue weighted by atomic mass is 32.1. The maximum absolute atomic E-state index is 12.2. The minimum absolute atomic E-state index is 0.424. The molecule has 9 heteroatoms. The summed E-state index contributed by atoms with van der Waals surface area (Å²) in [5, 5.41) is 14.8. The molecule has 136 valence electrons. The average Bonchev–Trinajstić information content (AvgIpc) is 3.05. The zero-order chi connectivity index (χ0) is 18.2. The van der Waals surface area contributed by atoms with Crippen LogP contribution in [-0.2, 0) is 6.42 Å². The molecule has 0 aliphatic carbocycles. The van der Waals surface area contributed by atoms with Crippen LogP contribution in [0.2, 0.25) is 0 Å². The molecule has 8 nitrogen and oxygen atoms in total. The molecule has 0 radical (unpaired) electrons. The van der Waals surface area contributed by atoms with Crippen molar-refractivity contribution in [3.63, 3.8) is 0 Å². The molecule has 2 aromatic rings. The molecule has 0 saturated carbocycles. The van der Waals surface area contributed by atoms with Crippen molar-refractivity contribution in [2.45, 2.75) is 26.2 Å². The Morgan fingerprint density at radius 1 is 1.08 bits per heavy atom. The lowest BCUT2D eigenvalue weighted by Crippen LogP contribution is -2.19. The third-order valence-electron chi connectivity index (χ3n) is 3.35. The number of anilines is 2. The third-order valence-corrected chi connectivity index (χ3v) is 4.25. The summed E-state index contributed by atoms with van der Waals surface area (Å²) in [7, 11) is 4.55. The number of benzene rings is 1. The number of carbonyl (C=O) groups excluding carboxylic acids is 1. The highest BCUT2D eigenvalue weighted by Crippen LogP contribution is 2.39. The fourth-order valence-corrected chi connectivity index (χ4v) is 2.92. The fourth-order valence-electron chi connectivity index (χ4n) is 2.15. The zero-order valence-electron chi connectivity index (χ0n) is 14.7. The molecule has 0 unspecified atom stereocenters. The number of hydrogen-bond acceptors (Lipinski definition) is 7. The van der Waals surface area contributed by atoms with Crippen molar-refractivity contribution in [1.29, 1.82) is 0 Å². The van der Waals surface area contributed by atoms with Crippen molar-refractivity contribution in [2.75, 3.05) is 32.0 Å². The number of rotatable bonds is 8. The Morgan fingerprint density at radius 3 is 2.32 bits per heavy atom. The van der Waals surface area contributed by atoms with Crippen molar-refractivity contribution >= 4 is 28.2 Å². The highest BCUT2D eigenvalue weighted by molar-refractivity contribution is 7.15. The predicted octanol–water partition coefficient (Wildman–Crippen LogP) is 3.55. The molecule has 0 fully saturated rings. The Morgan fingerprint density at radius 2 is 1.76 bits per heavy atom. The van der Waals surface area contributed by atoms with Gasteiger partial charge < -0.3 is 19.5 Å². The number of hydrogen-bond donors (Lipinski definition) is 2. The number of nitrogens with one attached hydrogen (secondary N) is 2. The van der Waals surface area contributed by atoms with Crippen molar-refractivity contribution in [2.24, 2.45) is 0 Å². The van der Waals surface area contributed by atoms with E-state index in [1.54, 1.807) is 12.1 Å². The van der Waals surface area contributed by atoms with E-state index in [1.807, 2.05) is 0 Å². The SMILES string of the molecule is CCCCc1nnc(NC(=O)Nc2cc(OC)c(OC)c(OC)c2)s1. The van der Waals surface area contributed by atoms with E-state index in [2.05, 4.69) is 27.8 Å². The summed E-state index contributed by atoms with van der Waals surface area (Å²) in [6, 6.07) is 2.87. The molecule has 2 amide bonds. The van der Waals surface area contributed by atoms with E-state index >= 15 is 0 Å². The summed E-state index contributed by atoms with van der Waals surface area (Å²) in [5.41, 5.74) is 0.503. The Labute approximate surface area is 150 Å². The Hall–Kier alpha value is -2.55. The maximum atomic E-state index is 12.2. The van der Waals surface area contributed by atoms with Gasteiger partial charge in [-0.3, -0.25) is 5.32 Å². The summed E-state index contributed by atoms with van der Waals surface area (Å²) in [6.07, 6.45) is 3.00. The number of nitrogens with zero attached hydrogens (tertiary/aromatic N) is 2. The predicted molar refractivity (Wildman–Crippen MR) is 97.3 cm³/mol. The molecular weight excluding hydrogens is 344 g/mol. The Balaban J connectivity index is 2.06. The zero-order valence-corrected chi connectivity index (χ0v) is 15.5. The van der Waals surface area contributed by atoms with E-state index in [0.717, 1.165) is 24.3 Å². The lowest BCUT2D eigenvalue weighted by Gasteiger charge is -2.14. The molecule has 0 bridgehead atoms. The van der Waals surface area contributed by atoms with Crippen LogP contribution >= 0.6 is 11.3 Å². The number of ether oxygens (including phenoxy) is 3. The first-order chi connectivity index (χ1) is 12.1. The normalized spacial score (nSPS) is 10.2. The molecule has 1 aromatic carbocycles. The maximum Gasteiger partial charge on any atom is 0.325 e. The van der Waals surface area contributed by atoms with Gasteiger partial charge in [0.25, 0.3) is 0 Å². The standard InChI is InChI=1S/C16H22N4O4S/c1-5-6-7-13-19-20-16(25-13)18-15(21)17-10-8-11(22-2)14(24-4)12(9-10)23-3/h8-9H,5-7H2,1-4H3,(H2,17,18,20,21). The van der Waals surface area contributed by atoms with Crippen LogP contribution in [0.3, 0.4) is 0 Å². The molecular formula is C16H22N4O4S. The van der Waals surface area contributed by atoms with Gasteiger partial charge in [0, 0.05) is 18.6 Å². The van der Waals surface area contributed by atoms with Gasteiger partial charge in [0.15, 0.2) is 11.5 Å². The monoisotopic (exact) mass is 366 g/mol. The van der Waals surface area contributed by atoms with Crippen LogP contribution in [0.15, 0.2) is 12.1 Å². The van der Waals surface area contributed by atoms with Gasteiger partial charge in [-0.2, -0.15) is 0 Å². The molecule has 0 spiro atoms. The van der Waals surface area contributed by atoms with E-state index in [4.69, 9.17) is 14.2 Å². The van der Waals surface area contributed by atoms with Gasteiger partial charge in [0.1, 0.15) is 5.01 Å². The molecule has 2 N–H and O–H groups in total. The molecule has 0 atom stereocenters. The second-order valence-corrected chi connectivity index (χ2v) is 6.16. The summed E-state index contributed by atoms with van der Waals surface area (Å²) in [5.74, 6) is 1.37. The molecule has 2 rings (SSSR count). The van der Waals surface area contributed by atoms with Crippen LogP contribution in [0.4, 0.5) is 15.6 Å². The molecule has 1 aromatic heterocycles. The van der Waals surface area contributed by atoms with E-state index in [9.17, 15) is 4.79 Å². The second kappa shape index (κ2) is 9.07. The van der Waals surface area contributed by atoms with Crippen LogP contribution in [0.25, 0.3) is 0 Å². The number of urea groups is 1. The smallest absolute Gasteiger partial charge is 0.325 e. The number of unbranched alkanes of at least 4 members (excludes halogenated alkanes) is 1. The van der Waals surface area contributed by atoms with Gasteiger partial charge in [-0.05, 0) is 6.42 Å². The van der Waals surface area contributed by atoms with Crippen LogP contribution in [0.5, 0.6) is 17.2 Å². The van der Waals surface area contributed by atoms with Crippen molar-refractivity contribution in [3.8, 4) is 17.2 Å². The first-order valence-electron chi connectivity index (χ1n) is 7.81. The van der Waals surface area contributed by atoms with Crippen LogP contribution < -0.4 is 24.8 Å². The van der Waals surface area contributed by atoms with Crippen molar-refractivity contribution in [3.05, 3.63) is 17.1 Å². The highest BCUT2D eigenvalue weighted by Gasteiger charge is 2.15. The number of aromatic nitrogens is 2. The lowest BCUT2D eigenvalue weighted by molar-refractivity contribution is 0.262. The second-order valence-electron chi connectivity index (χ2n) is 5.10. The van der Waals surface area contributed by atoms with Crippen LogP contribution in [0.1, 0.15) is 24.8 Å². The van der Waals surface area contributed by atoms with Crippen molar-refractivity contribution < 1.29 is 19.0 Å². The number of carbonyl (C=O) groups is 1. The quantitative estimate of drug-likeness (QED) is 0.742. The van der Waals surface area contributed by atoms with E-state index in [1.165, 1.54) is 32.7 Å². The fraction of sp³-hybridized carbons (Fsp3) is 0.438. The molecule has 25 heavy (non-hydrogen) atoms. The number of aryl methyl sites for hydroxylation is 1. The molecule has 0 saturated heterocycles. The number of amides is 2. The first-order valence-corrected chi connectivity index (χ1v) is 8.63. The van der Waals surface area contributed by atoms with Crippen molar-refractivity contribution in [1.82, 2.24) is 10.2 Å².